The predicted octanol–water partition coefficient (Wildman–Crippen LogP) is 3.80. The molecule has 1 rings (SSSR count). The third-order valence-electron chi connectivity index (χ3n) is 2.66. The fourth-order valence-electron chi connectivity index (χ4n) is 1.55. The van der Waals surface area contributed by atoms with E-state index in [0.717, 1.165) is 47.7 Å². The number of aryl methyl sites for hydroxylation is 1. The van der Waals surface area contributed by atoms with Crippen molar-refractivity contribution in [1.29, 1.82) is 0 Å². The number of anilines is 1. The molecule has 0 saturated heterocycles. The normalized spacial score (nSPS) is 11.0. The third kappa shape index (κ3) is 4.84. The summed E-state index contributed by atoms with van der Waals surface area (Å²) >= 11 is 1.91. The Morgan fingerprint density at radius 2 is 1.94 bits per heavy atom. The number of thioether (sulfide) groups is 1. The van der Waals surface area contributed by atoms with Crippen molar-refractivity contribution in [2.45, 2.75) is 46.8 Å². The molecule has 0 aliphatic carbocycles. The second-order valence-corrected chi connectivity index (χ2v) is 6.06. The van der Waals surface area contributed by atoms with Crippen molar-refractivity contribution in [2.75, 3.05) is 17.6 Å². The van der Waals surface area contributed by atoms with Gasteiger partial charge in [-0.15, -0.1) is 0 Å². The van der Waals surface area contributed by atoms with E-state index in [9.17, 15) is 0 Å². The van der Waals surface area contributed by atoms with E-state index in [0.29, 0.717) is 0 Å². The minimum atomic E-state index is 0.722. The molecular weight excluding hydrogens is 242 g/mol. The summed E-state index contributed by atoms with van der Waals surface area (Å²) < 4.78 is 0. The Kier molecular flexibility index (Phi) is 6.47. The molecule has 0 saturated carbocycles. The van der Waals surface area contributed by atoms with Gasteiger partial charge in [0.1, 0.15) is 11.6 Å². The van der Waals surface area contributed by atoms with Gasteiger partial charge in [-0.3, -0.25) is 0 Å². The van der Waals surface area contributed by atoms with Crippen LogP contribution in [-0.2, 0) is 5.75 Å². The highest BCUT2D eigenvalue weighted by Gasteiger charge is 2.07. The molecule has 4 heteroatoms. The van der Waals surface area contributed by atoms with Gasteiger partial charge in [0.25, 0.3) is 0 Å². The third-order valence-corrected chi connectivity index (χ3v) is 4.03. The first-order valence-electron chi connectivity index (χ1n) is 6.70. The van der Waals surface area contributed by atoms with Gasteiger partial charge in [-0.05, 0) is 31.9 Å². The van der Waals surface area contributed by atoms with E-state index >= 15 is 0 Å². The molecule has 0 bridgehead atoms. The average molecular weight is 267 g/mol. The maximum atomic E-state index is 4.62. The van der Waals surface area contributed by atoms with Crippen molar-refractivity contribution in [3.63, 3.8) is 0 Å². The zero-order valence-corrected chi connectivity index (χ0v) is 13.0. The quantitative estimate of drug-likeness (QED) is 0.815. The lowest BCUT2D eigenvalue weighted by atomic mass is 10.2. The molecule has 1 aromatic rings. The molecule has 1 aromatic heterocycles. The standard InChI is InChI=1S/C14H25N3S/c1-6-7-15-14-11(4)12(5)16-13(17-14)9-18-8-10(2)3/h10H,6-9H2,1-5H3,(H,15,16,17). The Bertz CT molecular complexity index is 378. The van der Waals surface area contributed by atoms with Crippen LogP contribution in [-0.4, -0.2) is 22.3 Å². The van der Waals surface area contributed by atoms with Crippen molar-refractivity contribution in [3.05, 3.63) is 17.1 Å². The van der Waals surface area contributed by atoms with Crippen LogP contribution in [0.25, 0.3) is 0 Å². The van der Waals surface area contributed by atoms with E-state index < -0.39 is 0 Å². The van der Waals surface area contributed by atoms with Crippen molar-refractivity contribution in [3.8, 4) is 0 Å². The highest BCUT2D eigenvalue weighted by molar-refractivity contribution is 7.98. The topological polar surface area (TPSA) is 37.8 Å². The monoisotopic (exact) mass is 267 g/mol. The van der Waals surface area contributed by atoms with Crippen LogP contribution < -0.4 is 5.32 Å². The minimum absolute atomic E-state index is 0.722. The maximum Gasteiger partial charge on any atom is 0.140 e. The Morgan fingerprint density at radius 1 is 1.22 bits per heavy atom. The van der Waals surface area contributed by atoms with Gasteiger partial charge >= 0.3 is 0 Å². The Hall–Kier alpha value is -0.770. The molecule has 0 aliphatic heterocycles. The van der Waals surface area contributed by atoms with E-state index in [1.54, 1.807) is 0 Å². The molecule has 0 unspecified atom stereocenters. The van der Waals surface area contributed by atoms with E-state index in [-0.39, 0.29) is 0 Å². The maximum absolute atomic E-state index is 4.62. The molecule has 0 aliphatic rings. The van der Waals surface area contributed by atoms with Gasteiger partial charge in [0.05, 0.1) is 5.75 Å². The molecule has 1 N–H and O–H groups in total. The fourth-order valence-corrected chi connectivity index (χ4v) is 2.45. The molecule has 0 amide bonds. The van der Waals surface area contributed by atoms with Crippen LogP contribution in [0.5, 0.6) is 0 Å². The molecule has 1 heterocycles. The summed E-state index contributed by atoms with van der Waals surface area (Å²) in [5, 5.41) is 3.38. The smallest absolute Gasteiger partial charge is 0.140 e. The summed E-state index contributed by atoms with van der Waals surface area (Å²) in [5.74, 6) is 4.74. The van der Waals surface area contributed by atoms with E-state index in [1.807, 2.05) is 11.8 Å². The zero-order chi connectivity index (χ0) is 13.5. The lowest BCUT2D eigenvalue weighted by Crippen LogP contribution is -2.09. The van der Waals surface area contributed by atoms with Crippen LogP contribution in [0.15, 0.2) is 0 Å². The summed E-state index contributed by atoms with van der Waals surface area (Å²) in [7, 11) is 0. The van der Waals surface area contributed by atoms with E-state index in [1.165, 1.54) is 5.56 Å². The molecule has 102 valence electrons. The van der Waals surface area contributed by atoms with Gasteiger partial charge in [0.15, 0.2) is 0 Å². The lowest BCUT2D eigenvalue weighted by Gasteiger charge is -2.12. The van der Waals surface area contributed by atoms with Gasteiger partial charge in [-0.1, -0.05) is 20.8 Å². The summed E-state index contributed by atoms with van der Waals surface area (Å²) in [6.45, 7) is 11.7. The number of rotatable bonds is 7. The van der Waals surface area contributed by atoms with Crippen LogP contribution in [0.3, 0.4) is 0 Å². The van der Waals surface area contributed by atoms with Crippen molar-refractivity contribution in [2.24, 2.45) is 5.92 Å². The van der Waals surface area contributed by atoms with Crippen LogP contribution in [0, 0.1) is 19.8 Å². The first kappa shape index (κ1) is 15.3. The summed E-state index contributed by atoms with van der Waals surface area (Å²) in [4.78, 5) is 9.19. The SMILES string of the molecule is CCCNc1nc(CSCC(C)C)nc(C)c1C. The van der Waals surface area contributed by atoms with Gasteiger partial charge in [-0.2, -0.15) is 11.8 Å². The Labute approximate surface area is 115 Å². The van der Waals surface area contributed by atoms with Crippen LogP contribution >= 0.6 is 11.8 Å². The molecule has 0 fully saturated rings. The number of nitrogens with zero attached hydrogens (tertiary/aromatic N) is 2. The van der Waals surface area contributed by atoms with Crippen molar-refractivity contribution < 1.29 is 0 Å². The first-order chi connectivity index (χ1) is 8.54. The molecule has 18 heavy (non-hydrogen) atoms. The van der Waals surface area contributed by atoms with Crippen LogP contribution in [0.1, 0.15) is 44.3 Å². The number of hydrogen-bond donors (Lipinski definition) is 1. The van der Waals surface area contributed by atoms with Crippen molar-refractivity contribution >= 4 is 17.6 Å². The molecule has 0 spiro atoms. The summed E-state index contributed by atoms with van der Waals surface area (Å²) in [5.41, 5.74) is 2.25. The minimum Gasteiger partial charge on any atom is -0.370 e. The average Bonchev–Trinajstić information content (AvgIpc) is 2.31. The molecule has 3 nitrogen and oxygen atoms in total. The fraction of sp³-hybridized carbons (Fsp3) is 0.714. The van der Waals surface area contributed by atoms with Gasteiger partial charge < -0.3 is 5.32 Å². The molecule has 0 radical (unpaired) electrons. The lowest BCUT2D eigenvalue weighted by molar-refractivity contribution is 0.749. The first-order valence-corrected chi connectivity index (χ1v) is 7.85. The second-order valence-electron chi connectivity index (χ2n) is 5.03. The Balaban J connectivity index is 2.70. The van der Waals surface area contributed by atoms with E-state index in [4.69, 9.17) is 0 Å². The van der Waals surface area contributed by atoms with Gasteiger partial charge in [0, 0.05) is 17.8 Å². The van der Waals surface area contributed by atoms with Crippen LogP contribution in [0.4, 0.5) is 5.82 Å². The van der Waals surface area contributed by atoms with Crippen LogP contribution in [0.2, 0.25) is 0 Å². The molecular formula is C14H25N3S. The molecule has 0 aromatic carbocycles. The largest absolute Gasteiger partial charge is 0.370 e. The predicted molar refractivity (Wildman–Crippen MR) is 81.3 cm³/mol. The number of nitrogens with one attached hydrogen (secondary N) is 1. The van der Waals surface area contributed by atoms with E-state index in [2.05, 4.69) is 49.9 Å². The second kappa shape index (κ2) is 7.62. The summed E-state index contributed by atoms with van der Waals surface area (Å²) in [6.07, 6.45) is 1.11. The van der Waals surface area contributed by atoms with Crippen molar-refractivity contribution in [1.82, 2.24) is 9.97 Å². The summed E-state index contributed by atoms with van der Waals surface area (Å²) in [6, 6.07) is 0. The Morgan fingerprint density at radius 3 is 2.56 bits per heavy atom. The zero-order valence-electron chi connectivity index (χ0n) is 12.2. The highest BCUT2D eigenvalue weighted by Crippen LogP contribution is 2.18. The molecule has 0 atom stereocenters. The highest BCUT2D eigenvalue weighted by atomic mass is 32.2. The van der Waals surface area contributed by atoms with Gasteiger partial charge in [-0.25, -0.2) is 9.97 Å². The number of aromatic nitrogens is 2. The number of hydrogen-bond acceptors (Lipinski definition) is 4. The van der Waals surface area contributed by atoms with Gasteiger partial charge in [0.2, 0.25) is 0 Å².